The molecule has 1 heterocycles. The summed E-state index contributed by atoms with van der Waals surface area (Å²) < 4.78 is 0. The Hall–Kier alpha value is -3.21. The predicted octanol–water partition coefficient (Wildman–Crippen LogP) is 4.17. The van der Waals surface area contributed by atoms with Crippen LogP contribution in [0.2, 0.25) is 0 Å². The van der Waals surface area contributed by atoms with Gasteiger partial charge < -0.3 is 10.6 Å². The highest BCUT2D eigenvalue weighted by Gasteiger charge is 2.37. The van der Waals surface area contributed by atoms with Crippen LogP contribution in [0, 0.1) is 19.8 Å². The van der Waals surface area contributed by atoms with Crippen molar-refractivity contribution in [2.45, 2.75) is 45.4 Å². The van der Waals surface area contributed by atoms with Crippen LogP contribution >= 0.6 is 0 Å². The Labute approximate surface area is 176 Å². The number of nitrogens with one attached hydrogen (secondary N) is 2. The molecule has 4 rings (SSSR count). The SMILES string of the molecule is Cc1ccc(NC(=O)C[C@H]2CC3=C(C[C@H](c4ccc(C)cc4)CC3=O)NC2=O)cc1. The molecule has 2 aliphatic rings. The van der Waals surface area contributed by atoms with Crippen molar-refractivity contribution in [2.24, 2.45) is 5.92 Å². The summed E-state index contributed by atoms with van der Waals surface area (Å²) in [6.45, 7) is 4.01. The van der Waals surface area contributed by atoms with Gasteiger partial charge in [0, 0.05) is 29.8 Å². The van der Waals surface area contributed by atoms with Gasteiger partial charge in [-0.1, -0.05) is 47.5 Å². The molecule has 0 saturated heterocycles. The number of amides is 2. The number of anilines is 1. The molecule has 2 atom stereocenters. The van der Waals surface area contributed by atoms with Gasteiger partial charge in [-0.05, 0) is 50.3 Å². The molecular formula is C25H26N2O3. The van der Waals surface area contributed by atoms with Gasteiger partial charge in [0.25, 0.3) is 0 Å². The Kier molecular flexibility index (Phi) is 5.53. The van der Waals surface area contributed by atoms with E-state index in [1.807, 2.05) is 50.2 Å². The number of hydrogen-bond acceptors (Lipinski definition) is 3. The average Bonchev–Trinajstić information content (AvgIpc) is 2.71. The minimum atomic E-state index is -0.519. The summed E-state index contributed by atoms with van der Waals surface area (Å²) in [5.74, 6) is -0.757. The maximum atomic E-state index is 12.8. The van der Waals surface area contributed by atoms with Crippen molar-refractivity contribution in [1.29, 1.82) is 0 Å². The van der Waals surface area contributed by atoms with E-state index in [-0.39, 0.29) is 29.9 Å². The molecule has 2 amide bonds. The number of carbonyl (C=O) groups is 3. The molecule has 2 aromatic carbocycles. The molecule has 1 aliphatic carbocycles. The van der Waals surface area contributed by atoms with Crippen LogP contribution in [0.15, 0.2) is 59.8 Å². The smallest absolute Gasteiger partial charge is 0.228 e. The van der Waals surface area contributed by atoms with Crippen LogP contribution in [0.5, 0.6) is 0 Å². The third kappa shape index (κ3) is 4.35. The molecular weight excluding hydrogens is 376 g/mol. The van der Waals surface area contributed by atoms with Gasteiger partial charge in [-0.15, -0.1) is 0 Å². The average molecular weight is 402 g/mol. The first kappa shape index (κ1) is 20.1. The lowest BCUT2D eigenvalue weighted by molar-refractivity contribution is -0.129. The molecule has 2 N–H and O–H groups in total. The third-order valence-corrected chi connectivity index (χ3v) is 5.99. The summed E-state index contributed by atoms with van der Waals surface area (Å²) in [7, 11) is 0. The van der Waals surface area contributed by atoms with Crippen molar-refractivity contribution in [3.63, 3.8) is 0 Å². The zero-order chi connectivity index (χ0) is 21.3. The largest absolute Gasteiger partial charge is 0.329 e. The first-order valence-corrected chi connectivity index (χ1v) is 10.4. The molecule has 0 aromatic heterocycles. The minimum Gasteiger partial charge on any atom is -0.329 e. The molecule has 0 bridgehead atoms. The number of benzene rings is 2. The molecule has 0 radical (unpaired) electrons. The Morgan fingerprint density at radius 1 is 0.933 bits per heavy atom. The number of allylic oxidation sites excluding steroid dienone is 2. The predicted molar refractivity (Wildman–Crippen MR) is 116 cm³/mol. The summed E-state index contributed by atoms with van der Waals surface area (Å²) in [6.07, 6.45) is 1.49. The van der Waals surface area contributed by atoms with Gasteiger partial charge in [0.15, 0.2) is 5.78 Å². The van der Waals surface area contributed by atoms with Gasteiger partial charge in [0.1, 0.15) is 0 Å². The number of hydrogen-bond donors (Lipinski definition) is 2. The number of aryl methyl sites for hydroxylation is 2. The third-order valence-electron chi connectivity index (χ3n) is 5.99. The van der Waals surface area contributed by atoms with E-state index in [1.54, 1.807) is 0 Å². The maximum Gasteiger partial charge on any atom is 0.228 e. The lowest BCUT2D eigenvalue weighted by Gasteiger charge is -2.33. The van der Waals surface area contributed by atoms with E-state index in [9.17, 15) is 14.4 Å². The van der Waals surface area contributed by atoms with Gasteiger partial charge in [0.05, 0.1) is 5.92 Å². The summed E-state index contributed by atoms with van der Waals surface area (Å²) >= 11 is 0. The molecule has 1 aliphatic heterocycles. The highest BCUT2D eigenvalue weighted by atomic mass is 16.2. The Bertz CT molecular complexity index is 1020. The fourth-order valence-electron chi connectivity index (χ4n) is 4.22. The topological polar surface area (TPSA) is 75.3 Å². The van der Waals surface area contributed by atoms with Crippen LogP contribution in [0.25, 0.3) is 0 Å². The Morgan fingerprint density at radius 2 is 1.57 bits per heavy atom. The highest BCUT2D eigenvalue weighted by molar-refractivity contribution is 6.02. The number of rotatable bonds is 4. The van der Waals surface area contributed by atoms with E-state index in [4.69, 9.17) is 0 Å². The minimum absolute atomic E-state index is 0.0607. The molecule has 2 aromatic rings. The van der Waals surface area contributed by atoms with Gasteiger partial charge in [0.2, 0.25) is 11.8 Å². The van der Waals surface area contributed by atoms with E-state index < -0.39 is 5.92 Å². The molecule has 0 saturated carbocycles. The number of Topliss-reactive ketones (excluding diaryl/α,β-unsaturated/α-hetero) is 1. The number of carbonyl (C=O) groups excluding carboxylic acids is 3. The van der Waals surface area contributed by atoms with E-state index in [2.05, 4.69) is 22.8 Å². The van der Waals surface area contributed by atoms with Gasteiger partial charge in [-0.3, -0.25) is 14.4 Å². The fourth-order valence-corrected chi connectivity index (χ4v) is 4.22. The van der Waals surface area contributed by atoms with Gasteiger partial charge >= 0.3 is 0 Å². The van der Waals surface area contributed by atoms with Crippen molar-refractivity contribution in [2.75, 3.05) is 5.32 Å². The van der Waals surface area contributed by atoms with E-state index in [1.165, 1.54) is 5.56 Å². The van der Waals surface area contributed by atoms with Crippen molar-refractivity contribution in [3.05, 3.63) is 76.5 Å². The van der Waals surface area contributed by atoms with Crippen LogP contribution in [0.4, 0.5) is 5.69 Å². The highest BCUT2D eigenvalue weighted by Crippen LogP contribution is 2.38. The first-order valence-electron chi connectivity index (χ1n) is 10.4. The molecule has 154 valence electrons. The van der Waals surface area contributed by atoms with Crippen molar-refractivity contribution in [1.82, 2.24) is 5.32 Å². The van der Waals surface area contributed by atoms with E-state index in [0.29, 0.717) is 30.5 Å². The van der Waals surface area contributed by atoms with Gasteiger partial charge in [-0.2, -0.15) is 0 Å². The molecule has 5 heteroatoms. The Balaban J connectivity index is 1.43. The van der Waals surface area contributed by atoms with Crippen molar-refractivity contribution in [3.8, 4) is 0 Å². The Morgan fingerprint density at radius 3 is 2.23 bits per heavy atom. The zero-order valence-electron chi connectivity index (χ0n) is 17.3. The zero-order valence-corrected chi connectivity index (χ0v) is 17.3. The summed E-state index contributed by atoms with van der Waals surface area (Å²) in [5, 5.41) is 5.76. The van der Waals surface area contributed by atoms with Gasteiger partial charge in [-0.25, -0.2) is 0 Å². The molecule has 5 nitrogen and oxygen atoms in total. The summed E-state index contributed by atoms with van der Waals surface area (Å²) in [5.41, 5.74) is 5.53. The molecule has 0 fully saturated rings. The molecule has 30 heavy (non-hydrogen) atoms. The second-order valence-corrected chi connectivity index (χ2v) is 8.40. The van der Waals surface area contributed by atoms with Crippen LogP contribution < -0.4 is 10.6 Å². The van der Waals surface area contributed by atoms with Crippen LogP contribution in [0.3, 0.4) is 0 Å². The lowest BCUT2D eigenvalue weighted by atomic mass is 9.77. The quantitative estimate of drug-likeness (QED) is 0.806. The van der Waals surface area contributed by atoms with Crippen LogP contribution in [-0.2, 0) is 14.4 Å². The summed E-state index contributed by atoms with van der Waals surface area (Å²) in [6, 6.07) is 15.7. The van der Waals surface area contributed by atoms with Crippen LogP contribution in [0.1, 0.15) is 48.3 Å². The second kappa shape index (κ2) is 8.27. The van der Waals surface area contributed by atoms with E-state index in [0.717, 1.165) is 16.8 Å². The number of ketones is 1. The second-order valence-electron chi connectivity index (χ2n) is 8.40. The van der Waals surface area contributed by atoms with E-state index >= 15 is 0 Å². The van der Waals surface area contributed by atoms with Crippen LogP contribution in [-0.4, -0.2) is 17.6 Å². The van der Waals surface area contributed by atoms with Crippen molar-refractivity contribution >= 4 is 23.3 Å². The normalized spacial score (nSPS) is 21.1. The lowest BCUT2D eigenvalue weighted by Crippen LogP contribution is -2.41. The summed E-state index contributed by atoms with van der Waals surface area (Å²) in [4.78, 5) is 37.9. The molecule has 0 unspecified atom stereocenters. The molecule has 0 spiro atoms. The first-order chi connectivity index (χ1) is 14.4. The maximum absolute atomic E-state index is 12.8. The van der Waals surface area contributed by atoms with Crippen molar-refractivity contribution < 1.29 is 14.4 Å². The monoisotopic (exact) mass is 402 g/mol. The standard InChI is InChI=1S/C25H26N2O3/c1-15-3-7-17(8-4-15)18-12-22-21(23(28)13-18)11-19(25(30)27-22)14-24(29)26-20-9-5-16(2)6-10-20/h3-10,18-19H,11-14H2,1-2H3,(H,26,29)(H,27,30)/t18-,19+/m0/s1. The fraction of sp³-hybridized carbons (Fsp3) is 0.320.